The van der Waals surface area contributed by atoms with E-state index in [4.69, 9.17) is 11.6 Å². The summed E-state index contributed by atoms with van der Waals surface area (Å²) in [5.74, 6) is 6.96. The summed E-state index contributed by atoms with van der Waals surface area (Å²) in [5.41, 5.74) is 3.45. The minimum absolute atomic E-state index is 0. The molecule has 0 radical (unpaired) electrons. The Labute approximate surface area is 166 Å². The van der Waals surface area contributed by atoms with Crippen molar-refractivity contribution in [2.75, 3.05) is 6.26 Å². The van der Waals surface area contributed by atoms with Gasteiger partial charge in [0, 0.05) is 16.0 Å². The van der Waals surface area contributed by atoms with E-state index in [0.29, 0.717) is 5.92 Å². The number of alkyl halides is 1. The molecule has 0 nitrogen and oxygen atoms in total. The maximum atomic E-state index is 6.15. The third kappa shape index (κ3) is 5.61. The molecule has 2 unspecified atom stereocenters. The Balaban J connectivity index is 0.00000144. The van der Waals surface area contributed by atoms with Crippen LogP contribution in [0.3, 0.4) is 0 Å². The molecular formula is C21H21ClFeS. The SMILES string of the molecule is CSc1ccc(C#Cc2ccc(C3[CH-]C(Cl)CC3)cc2)cc1.[CH3-].[Fe+2]. The Morgan fingerprint density at radius 3 is 1.96 bits per heavy atom. The zero-order valence-electron chi connectivity index (χ0n) is 13.9. The quantitative estimate of drug-likeness (QED) is 0.199. The average Bonchev–Trinajstić information content (AvgIpc) is 3.00. The molecule has 3 rings (SSSR count). The summed E-state index contributed by atoms with van der Waals surface area (Å²) in [7, 11) is 0. The molecule has 0 aromatic heterocycles. The number of rotatable bonds is 2. The van der Waals surface area contributed by atoms with Gasteiger partial charge in [0.05, 0.1) is 0 Å². The van der Waals surface area contributed by atoms with Crippen molar-refractivity contribution in [2.45, 2.75) is 29.0 Å². The van der Waals surface area contributed by atoms with Gasteiger partial charge in [0.15, 0.2) is 0 Å². The normalized spacial score (nSPS) is 18.8. The zero-order chi connectivity index (χ0) is 15.4. The standard InChI is InChI=1S/C20H18ClS.CH3.Fe/c1-22-20-12-6-16(7-13-20)3-2-15-4-8-17(9-5-15)18-10-11-19(21)14-18;;/h4-9,12-14,18-19H,10-11H2,1H3;1H3;/q2*-1;+2. The van der Waals surface area contributed by atoms with Crippen molar-refractivity contribution in [3.05, 3.63) is 79.1 Å². The van der Waals surface area contributed by atoms with E-state index < -0.39 is 0 Å². The second-order valence-electron chi connectivity index (χ2n) is 5.49. The number of thioether (sulfide) groups is 1. The number of hydrogen-bond donors (Lipinski definition) is 0. The minimum Gasteiger partial charge on any atom is -0.358 e. The molecule has 3 heteroatoms. The molecule has 126 valence electrons. The van der Waals surface area contributed by atoms with Gasteiger partial charge in [0.1, 0.15) is 0 Å². The second kappa shape index (κ2) is 10.2. The Kier molecular flexibility index (Phi) is 9.03. The molecule has 1 fully saturated rings. The number of benzene rings is 2. The van der Waals surface area contributed by atoms with Gasteiger partial charge in [-0.25, -0.2) is 0 Å². The van der Waals surface area contributed by atoms with Gasteiger partial charge in [-0.3, -0.25) is 0 Å². The van der Waals surface area contributed by atoms with Crippen LogP contribution in [0.1, 0.15) is 35.4 Å². The van der Waals surface area contributed by atoms with Crippen molar-refractivity contribution in [1.82, 2.24) is 0 Å². The zero-order valence-corrected chi connectivity index (χ0v) is 16.6. The van der Waals surface area contributed by atoms with Crippen molar-refractivity contribution in [2.24, 2.45) is 0 Å². The monoisotopic (exact) mass is 396 g/mol. The number of halogens is 1. The van der Waals surface area contributed by atoms with E-state index in [2.05, 4.69) is 73.0 Å². The molecule has 0 spiro atoms. The summed E-state index contributed by atoms with van der Waals surface area (Å²) in [5, 5.41) is 0.230. The second-order valence-corrected chi connectivity index (χ2v) is 6.93. The van der Waals surface area contributed by atoms with E-state index in [0.717, 1.165) is 24.0 Å². The summed E-state index contributed by atoms with van der Waals surface area (Å²) in [6, 6.07) is 16.9. The van der Waals surface area contributed by atoms with E-state index in [1.807, 2.05) is 0 Å². The van der Waals surface area contributed by atoms with E-state index in [1.54, 1.807) is 11.8 Å². The molecule has 0 N–H and O–H groups in total. The first-order valence-electron chi connectivity index (χ1n) is 7.50. The molecule has 2 aromatic rings. The topological polar surface area (TPSA) is 0 Å². The molecular weight excluding hydrogens is 376 g/mol. The first kappa shape index (κ1) is 21.2. The Morgan fingerprint density at radius 1 is 0.958 bits per heavy atom. The van der Waals surface area contributed by atoms with Crippen molar-refractivity contribution >= 4 is 23.4 Å². The van der Waals surface area contributed by atoms with E-state index >= 15 is 0 Å². The molecule has 1 aliphatic rings. The van der Waals surface area contributed by atoms with Crippen LogP contribution in [0.25, 0.3) is 0 Å². The van der Waals surface area contributed by atoms with E-state index in [-0.39, 0.29) is 29.9 Å². The van der Waals surface area contributed by atoms with Crippen molar-refractivity contribution in [3.63, 3.8) is 0 Å². The maximum absolute atomic E-state index is 6.15. The predicted octanol–water partition coefficient (Wildman–Crippen LogP) is 5.95. The molecule has 0 bridgehead atoms. The number of hydrogen-bond acceptors (Lipinski definition) is 1. The fraction of sp³-hybridized carbons (Fsp3) is 0.238. The first-order chi connectivity index (χ1) is 10.7. The molecule has 1 aliphatic carbocycles. The smallest absolute Gasteiger partial charge is 0.358 e. The Morgan fingerprint density at radius 2 is 1.50 bits per heavy atom. The van der Waals surface area contributed by atoms with Crippen LogP contribution in [0, 0.1) is 25.7 Å². The first-order valence-corrected chi connectivity index (χ1v) is 9.16. The molecule has 2 atom stereocenters. The molecule has 1 saturated carbocycles. The fourth-order valence-corrected chi connectivity index (χ4v) is 3.40. The largest absolute Gasteiger partial charge is 2.00 e. The van der Waals surface area contributed by atoms with Gasteiger partial charge in [-0.1, -0.05) is 47.8 Å². The summed E-state index contributed by atoms with van der Waals surface area (Å²) < 4.78 is 0. The summed E-state index contributed by atoms with van der Waals surface area (Å²) in [4.78, 5) is 1.26. The van der Waals surface area contributed by atoms with Gasteiger partial charge < -0.3 is 13.8 Å². The summed E-state index contributed by atoms with van der Waals surface area (Å²) >= 11 is 7.89. The molecule has 24 heavy (non-hydrogen) atoms. The van der Waals surface area contributed by atoms with Crippen LogP contribution in [0.5, 0.6) is 0 Å². The van der Waals surface area contributed by atoms with E-state index in [1.165, 1.54) is 10.5 Å². The molecule has 0 heterocycles. The average molecular weight is 397 g/mol. The van der Waals surface area contributed by atoms with Gasteiger partial charge >= 0.3 is 17.1 Å². The van der Waals surface area contributed by atoms with Gasteiger partial charge in [-0.2, -0.15) is 11.6 Å². The Bertz CT molecular complexity index is 683. The summed E-state index contributed by atoms with van der Waals surface area (Å²) in [6.45, 7) is 0. The van der Waals surface area contributed by atoms with Crippen molar-refractivity contribution in [1.29, 1.82) is 0 Å². The molecule has 0 amide bonds. The van der Waals surface area contributed by atoms with Crippen molar-refractivity contribution < 1.29 is 17.1 Å². The molecule has 0 aliphatic heterocycles. The third-order valence-electron chi connectivity index (χ3n) is 3.97. The van der Waals surface area contributed by atoms with Gasteiger partial charge in [-0.05, 0) is 42.7 Å². The van der Waals surface area contributed by atoms with Gasteiger partial charge in [-0.15, -0.1) is 17.7 Å². The molecule has 0 saturated heterocycles. The maximum Gasteiger partial charge on any atom is 2.00 e. The Hall–Kier alpha value is -0.841. The molecule has 2 aromatic carbocycles. The predicted molar refractivity (Wildman–Crippen MR) is 103 cm³/mol. The third-order valence-corrected chi connectivity index (χ3v) is 5.08. The van der Waals surface area contributed by atoms with Crippen LogP contribution in [0.4, 0.5) is 0 Å². The van der Waals surface area contributed by atoms with Crippen LogP contribution in [0.2, 0.25) is 0 Å². The summed E-state index contributed by atoms with van der Waals surface area (Å²) in [6.07, 6.45) is 6.56. The van der Waals surface area contributed by atoms with Gasteiger partial charge in [0.25, 0.3) is 0 Å². The van der Waals surface area contributed by atoms with Crippen LogP contribution in [0.15, 0.2) is 53.4 Å². The van der Waals surface area contributed by atoms with Crippen molar-refractivity contribution in [3.8, 4) is 11.8 Å². The van der Waals surface area contributed by atoms with Gasteiger partial charge in [0.2, 0.25) is 0 Å². The fourth-order valence-electron chi connectivity index (χ4n) is 2.69. The van der Waals surface area contributed by atoms with Crippen LogP contribution in [-0.4, -0.2) is 11.6 Å². The van der Waals surface area contributed by atoms with Crippen LogP contribution < -0.4 is 0 Å². The van der Waals surface area contributed by atoms with Crippen LogP contribution in [-0.2, 0) is 17.1 Å². The van der Waals surface area contributed by atoms with E-state index in [9.17, 15) is 0 Å². The van der Waals surface area contributed by atoms with Crippen LogP contribution >= 0.6 is 23.4 Å². The minimum atomic E-state index is 0.